The Balaban J connectivity index is 1.51. The van der Waals surface area contributed by atoms with Gasteiger partial charge in [-0.25, -0.2) is 0 Å². The molecule has 0 spiro atoms. The van der Waals surface area contributed by atoms with Crippen LogP contribution in [0.5, 0.6) is 0 Å². The van der Waals surface area contributed by atoms with Crippen LogP contribution in [-0.4, -0.2) is 44.4 Å². The predicted octanol–water partition coefficient (Wildman–Crippen LogP) is 0.689. The van der Waals surface area contributed by atoms with Gasteiger partial charge in [0, 0.05) is 22.9 Å². The Bertz CT molecular complexity index is 478. The highest BCUT2D eigenvalue weighted by Gasteiger charge is 2.35. The highest BCUT2D eigenvalue weighted by atomic mass is 79.9. The van der Waals surface area contributed by atoms with E-state index >= 15 is 0 Å². The number of benzene rings is 1. The summed E-state index contributed by atoms with van der Waals surface area (Å²) in [7, 11) is 0. The van der Waals surface area contributed by atoms with E-state index in [1.807, 2.05) is 0 Å². The second kappa shape index (κ2) is 7.43. The molecule has 122 valence electrons. The number of morpholine rings is 1. The summed E-state index contributed by atoms with van der Waals surface area (Å²) in [6.07, 6.45) is 3.55. The fraction of sp³-hybridized carbons (Fsp3) is 0.667. The number of hydrogen-bond donors (Lipinski definition) is 2. The highest BCUT2D eigenvalue weighted by molar-refractivity contribution is 9.10. The molecular weight excluding hydrogens is 340 g/mol. The van der Waals surface area contributed by atoms with Crippen molar-refractivity contribution in [2.75, 3.05) is 26.2 Å². The van der Waals surface area contributed by atoms with Crippen molar-refractivity contribution >= 4 is 15.9 Å². The van der Waals surface area contributed by atoms with E-state index in [1.165, 1.54) is 49.1 Å². The van der Waals surface area contributed by atoms with Crippen LogP contribution in [0.2, 0.25) is 0 Å². The quantitative estimate of drug-likeness (QED) is 0.803. The van der Waals surface area contributed by atoms with Gasteiger partial charge in [-0.1, -0.05) is 34.1 Å². The van der Waals surface area contributed by atoms with Crippen molar-refractivity contribution in [2.24, 2.45) is 0 Å². The molecule has 2 aliphatic rings. The molecule has 2 aliphatic heterocycles. The summed E-state index contributed by atoms with van der Waals surface area (Å²) < 4.78 is 7.14. The molecule has 2 N–H and O–H groups in total. The maximum absolute atomic E-state index is 5.89. The fourth-order valence-corrected chi connectivity index (χ4v) is 4.60. The van der Waals surface area contributed by atoms with Gasteiger partial charge in [0.2, 0.25) is 0 Å². The Morgan fingerprint density at radius 1 is 1.09 bits per heavy atom. The van der Waals surface area contributed by atoms with Crippen molar-refractivity contribution in [3.05, 3.63) is 34.3 Å². The van der Waals surface area contributed by atoms with Gasteiger partial charge >= 0.3 is 0 Å². The Labute approximate surface area is 142 Å². The van der Waals surface area contributed by atoms with Crippen LogP contribution < -0.4 is 9.80 Å². The topological polar surface area (TPSA) is 18.1 Å². The lowest BCUT2D eigenvalue weighted by Gasteiger charge is -2.39. The third-order valence-corrected chi connectivity index (χ3v) is 6.01. The molecule has 2 heterocycles. The third kappa shape index (κ3) is 4.10. The Morgan fingerprint density at radius 3 is 2.36 bits per heavy atom. The van der Waals surface area contributed by atoms with Gasteiger partial charge in [-0.2, -0.15) is 0 Å². The molecule has 3 rings (SSSR count). The van der Waals surface area contributed by atoms with Crippen LogP contribution in [0.15, 0.2) is 28.7 Å². The van der Waals surface area contributed by atoms with Gasteiger partial charge in [-0.05, 0) is 19.9 Å². The van der Waals surface area contributed by atoms with E-state index in [1.54, 1.807) is 9.80 Å². The van der Waals surface area contributed by atoms with E-state index in [-0.39, 0.29) is 0 Å². The first-order chi connectivity index (χ1) is 10.6. The van der Waals surface area contributed by atoms with Crippen LogP contribution in [0.3, 0.4) is 0 Å². The van der Waals surface area contributed by atoms with Crippen molar-refractivity contribution in [1.82, 2.24) is 0 Å². The monoisotopic (exact) mass is 368 g/mol. The van der Waals surface area contributed by atoms with Crippen molar-refractivity contribution in [2.45, 2.75) is 51.5 Å². The van der Waals surface area contributed by atoms with E-state index in [0.29, 0.717) is 12.2 Å². The molecule has 3 nitrogen and oxygen atoms in total. The summed E-state index contributed by atoms with van der Waals surface area (Å²) in [5.74, 6) is 0. The number of hydrogen-bond acceptors (Lipinski definition) is 1. The molecule has 2 unspecified atom stereocenters. The number of nitrogens with one attached hydrogen (secondary N) is 2. The van der Waals surface area contributed by atoms with Gasteiger partial charge in [0.15, 0.2) is 0 Å². The van der Waals surface area contributed by atoms with E-state index in [9.17, 15) is 0 Å². The molecule has 4 heteroatoms. The third-order valence-electron chi connectivity index (χ3n) is 5.23. The molecule has 2 fully saturated rings. The summed E-state index contributed by atoms with van der Waals surface area (Å²) in [5, 5.41) is 0. The second-order valence-corrected chi connectivity index (χ2v) is 7.97. The van der Waals surface area contributed by atoms with E-state index in [4.69, 9.17) is 4.74 Å². The first-order valence-corrected chi connectivity index (χ1v) is 9.48. The number of quaternary nitrogens is 2. The molecule has 2 saturated heterocycles. The minimum atomic E-state index is 0.421. The molecule has 2 atom stereocenters. The second-order valence-electron chi connectivity index (χ2n) is 7.12. The first kappa shape index (κ1) is 16.4. The van der Waals surface area contributed by atoms with Gasteiger partial charge < -0.3 is 14.5 Å². The summed E-state index contributed by atoms with van der Waals surface area (Å²) in [6.45, 7) is 10.6. The van der Waals surface area contributed by atoms with Crippen LogP contribution in [-0.2, 0) is 11.3 Å². The van der Waals surface area contributed by atoms with Crippen molar-refractivity contribution in [3.63, 3.8) is 0 Å². The lowest BCUT2D eigenvalue weighted by Crippen LogP contribution is -3.22. The smallest absolute Gasteiger partial charge is 0.104 e. The molecule has 0 radical (unpaired) electrons. The van der Waals surface area contributed by atoms with Gasteiger partial charge in [0.1, 0.15) is 31.8 Å². The standard InChI is InChI=1S/C18H27BrN2O/c1-14-11-21(12-15(2)22-14)17-7-9-20(10-8-17)13-16-5-3-4-6-18(16)19/h3-6,14-15,17H,7-13H2,1-2H3/p+2. The largest absolute Gasteiger partial charge is 0.364 e. The number of likely N-dealkylation sites (tertiary alicyclic amines) is 1. The summed E-state index contributed by atoms with van der Waals surface area (Å²) in [4.78, 5) is 3.52. The minimum Gasteiger partial charge on any atom is -0.364 e. The maximum atomic E-state index is 5.89. The average Bonchev–Trinajstić information content (AvgIpc) is 2.49. The van der Waals surface area contributed by atoms with Gasteiger partial charge in [-0.15, -0.1) is 0 Å². The molecule has 1 aromatic rings. The number of halogens is 1. The minimum absolute atomic E-state index is 0.421. The van der Waals surface area contributed by atoms with E-state index in [0.717, 1.165) is 12.6 Å². The molecular formula is C18H29BrN2O+2. The molecule has 1 aromatic carbocycles. The highest BCUT2D eigenvalue weighted by Crippen LogP contribution is 2.14. The van der Waals surface area contributed by atoms with Crippen LogP contribution in [0.4, 0.5) is 0 Å². The van der Waals surface area contributed by atoms with Gasteiger partial charge in [0.25, 0.3) is 0 Å². The fourth-order valence-electron chi connectivity index (χ4n) is 4.17. The normalized spacial score (nSPS) is 36.2. The molecule has 22 heavy (non-hydrogen) atoms. The van der Waals surface area contributed by atoms with Crippen LogP contribution >= 0.6 is 15.9 Å². The Hall–Kier alpha value is -0.420. The summed E-state index contributed by atoms with van der Waals surface area (Å²) in [5.41, 5.74) is 1.44. The first-order valence-electron chi connectivity index (χ1n) is 8.69. The molecule has 0 aromatic heterocycles. The zero-order chi connectivity index (χ0) is 15.5. The van der Waals surface area contributed by atoms with Crippen molar-refractivity contribution in [1.29, 1.82) is 0 Å². The van der Waals surface area contributed by atoms with Crippen LogP contribution in [0.25, 0.3) is 0 Å². The number of rotatable bonds is 3. The lowest BCUT2D eigenvalue weighted by molar-refractivity contribution is -0.970. The summed E-state index contributed by atoms with van der Waals surface area (Å²) in [6, 6.07) is 9.49. The van der Waals surface area contributed by atoms with E-state index in [2.05, 4.69) is 54.0 Å². The Kier molecular flexibility index (Phi) is 5.55. The maximum Gasteiger partial charge on any atom is 0.104 e. The van der Waals surface area contributed by atoms with Gasteiger partial charge in [-0.3, -0.25) is 0 Å². The molecule has 0 bridgehead atoms. The average molecular weight is 369 g/mol. The van der Waals surface area contributed by atoms with E-state index < -0.39 is 0 Å². The molecule has 0 saturated carbocycles. The Morgan fingerprint density at radius 2 is 1.73 bits per heavy atom. The zero-order valence-electron chi connectivity index (χ0n) is 13.8. The van der Waals surface area contributed by atoms with Crippen molar-refractivity contribution in [3.8, 4) is 0 Å². The predicted molar refractivity (Wildman–Crippen MR) is 92.3 cm³/mol. The lowest BCUT2D eigenvalue weighted by atomic mass is 10.0. The number of piperidine rings is 1. The number of ether oxygens (including phenoxy) is 1. The van der Waals surface area contributed by atoms with Crippen LogP contribution in [0, 0.1) is 0 Å². The van der Waals surface area contributed by atoms with Crippen molar-refractivity contribution < 1.29 is 14.5 Å². The van der Waals surface area contributed by atoms with Gasteiger partial charge in [0.05, 0.1) is 19.1 Å². The molecule has 0 amide bonds. The zero-order valence-corrected chi connectivity index (χ0v) is 15.4. The summed E-state index contributed by atoms with van der Waals surface area (Å²) >= 11 is 3.68. The SMILES string of the molecule is CC1C[NH+](C2CC[NH+](Cc3ccccc3Br)CC2)CC(C)O1. The van der Waals surface area contributed by atoms with Crippen LogP contribution in [0.1, 0.15) is 32.3 Å². The molecule has 0 aliphatic carbocycles.